The normalized spacial score (nSPS) is 14.9. The molecule has 3 rings (SSSR count). The number of sulfonamides is 1. The third-order valence-electron chi connectivity index (χ3n) is 4.61. The van der Waals surface area contributed by atoms with E-state index in [0.29, 0.717) is 29.6 Å². The van der Waals surface area contributed by atoms with Gasteiger partial charge in [0.25, 0.3) is 5.91 Å². The Morgan fingerprint density at radius 1 is 1.23 bits per heavy atom. The molecule has 0 unspecified atom stereocenters. The van der Waals surface area contributed by atoms with Gasteiger partial charge in [0.1, 0.15) is 5.58 Å². The highest BCUT2D eigenvalue weighted by Crippen LogP contribution is 2.30. The highest BCUT2D eigenvalue weighted by atomic mass is 32.2. The molecule has 1 aliphatic rings. The molecule has 0 spiro atoms. The van der Waals surface area contributed by atoms with E-state index in [1.54, 1.807) is 25.1 Å². The minimum atomic E-state index is -3.56. The molecule has 1 amide bonds. The highest BCUT2D eigenvalue weighted by molar-refractivity contribution is 7.89. The molecule has 142 valence electrons. The first-order valence-electron chi connectivity index (χ1n) is 9.22. The number of aryl methyl sites for hydroxylation is 1. The van der Waals surface area contributed by atoms with Gasteiger partial charge in [0.2, 0.25) is 10.0 Å². The summed E-state index contributed by atoms with van der Waals surface area (Å²) in [5, 5.41) is 3.58. The van der Waals surface area contributed by atoms with Gasteiger partial charge >= 0.3 is 0 Å². The Morgan fingerprint density at radius 3 is 2.46 bits per heavy atom. The number of fused-ring (bicyclic) bond motifs is 1. The first-order chi connectivity index (χ1) is 12.4. The zero-order chi connectivity index (χ0) is 18.9. The van der Waals surface area contributed by atoms with Crippen molar-refractivity contribution >= 4 is 26.9 Å². The van der Waals surface area contributed by atoms with Crippen molar-refractivity contribution in [3.05, 3.63) is 29.5 Å². The summed E-state index contributed by atoms with van der Waals surface area (Å²) < 4.78 is 33.2. The number of nitrogens with zero attached hydrogens (tertiary/aromatic N) is 1. The Bertz CT molecular complexity index is 907. The molecule has 6 nitrogen and oxygen atoms in total. The summed E-state index contributed by atoms with van der Waals surface area (Å²) in [4.78, 5) is 12.6. The summed E-state index contributed by atoms with van der Waals surface area (Å²) in [7, 11) is -3.56. The molecule has 7 heteroatoms. The van der Waals surface area contributed by atoms with Crippen LogP contribution >= 0.6 is 0 Å². The molecule has 0 atom stereocenters. The Hall–Kier alpha value is -1.86. The number of hydrogen-bond acceptors (Lipinski definition) is 4. The predicted molar refractivity (Wildman–Crippen MR) is 101 cm³/mol. The van der Waals surface area contributed by atoms with E-state index in [4.69, 9.17) is 4.42 Å². The fraction of sp³-hybridized carbons (Fsp3) is 0.526. The first-order valence-corrected chi connectivity index (χ1v) is 10.7. The van der Waals surface area contributed by atoms with Gasteiger partial charge in [-0.25, -0.2) is 8.42 Å². The van der Waals surface area contributed by atoms with E-state index in [9.17, 15) is 13.2 Å². The minimum Gasteiger partial charge on any atom is -0.451 e. The summed E-state index contributed by atoms with van der Waals surface area (Å²) in [6.45, 7) is 6.71. The van der Waals surface area contributed by atoms with Crippen molar-refractivity contribution in [2.24, 2.45) is 0 Å². The molecule has 0 bridgehead atoms. The number of carbonyl (C=O) groups is 1. The number of hydrogen-bond donors (Lipinski definition) is 1. The highest BCUT2D eigenvalue weighted by Gasteiger charge is 2.28. The number of carbonyl (C=O) groups excluding carboxylic acids is 1. The quantitative estimate of drug-likeness (QED) is 0.763. The lowest BCUT2D eigenvalue weighted by Crippen LogP contribution is -2.32. The van der Waals surface area contributed by atoms with Gasteiger partial charge in [0.15, 0.2) is 5.76 Å². The van der Waals surface area contributed by atoms with E-state index in [1.807, 2.05) is 13.8 Å². The van der Waals surface area contributed by atoms with E-state index in [-0.39, 0.29) is 22.6 Å². The number of nitrogens with one attached hydrogen (secondary N) is 1. The molecule has 2 aromatic rings. The predicted octanol–water partition coefficient (Wildman–Crippen LogP) is 3.44. The monoisotopic (exact) mass is 378 g/mol. The van der Waals surface area contributed by atoms with E-state index >= 15 is 0 Å². The average molecular weight is 378 g/mol. The molecule has 26 heavy (non-hydrogen) atoms. The lowest BCUT2D eigenvalue weighted by Gasteiger charge is -2.21. The summed E-state index contributed by atoms with van der Waals surface area (Å²) >= 11 is 0. The fourth-order valence-corrected chi connectivity index (χ4v) is 4.71. The van der Waals surface area contributed by atoms with Gasteiger partial charge in [-0.3, -0.25) is 4.79 Å². The first kappa shape index (κ1) is 18.9. The van der Waals surface area contributed by atoms with Crippen LogP contribution in [0, 0.1) is 6.92 Å². The zero-order valence-electron chi connectivity index (χ0n) is 15.5. The second-order valence-electron chi connectivity index (χ2n) is 6.87. The summed E-state index contributed by atoms with van der Waals surface area (Å²) in [6.07, 6.45) is 3.52. The molecule has 1 aliphatic carbocycles. The van der Waals surface area contributed by atoms with E-state index in [0.717, 1.165) is 25.7 Å². The van der Waals surface area contributed by atoms with Gasteiger partial charge in [-0.1, -0.05) is 13.8 Å². The van der Waals surface area contributed by atoms with Crippen LogP contribution in [-0.4, -0.2) is 37.8 Å². The van der Waals surface area contributed by atoms with Crippen LogP contribution < -0.4 is 5.32 Å². The average Bonchev–Trinajstić information content (AvgIpc) is 3.36. The largest absolute Gasteiger partial charge is 0.451 e. The smallest absolute Gasteiger partial charge is 0.287 e. The fourth-order valence-electron chi connectivity index (χ4n) is 3.06. The molecule has 1 aromatic carbocycles. The lowest BCUT2D eigenvalue weighted by atomic mass is 10.1. The van der Waals surface area contributed by atoms with Gasteiger partial charge in [-0.15, -0.1) is 0 Å². The van der Waals surface area contributed by atoms with Crippen LogP contribution in [-0.2, 0) is 10.0 Å². The van der Waals surface area contributed by atoms with Crippen molar-refractivity contribution in [3.63, 3.8) is 0 Å². The molecule has 1 fully saturated rings. The van der Waals surface area contributed by atoms with Gasteiger partial charge < -0.3 is 9.73 Å². The zero-order valence-corrected chi connectivity index (χ0v) is 16.4. The lowest BCUT2D eigenvalue weighted by molar-refractivity contribution is 0.0924. The van der Waals surface area contributed by atoms with Gasteiger partial charge in [-0.05, 0) is 50.8 Å². The maximum absolute atomic E-state index is 13.0. The summed E-state index contributed by atoms with van der Waals surface area (Å²) in [5.41, 5.74) is 1.20. The van der Waals surface area contributed by atoms with Crippen molar-refractivity contribution in [2.45, 2.75) is 57.4 Å². The molecular formula is C19H26N2O4S. The molecule has 1 N–H and O–H groups in total. The van der Waals surface area contributed by atoms with Crippen molar-refractivity contribution in [1.82, 2.24) is 9.62 Å². The maximum Gasteiger partial charge on any atom is 0.287 e. The van der Waals surface area contributed by atoms with Gasteiger partial charge in [0.05, 0.1) is 4.90 Å². The van der Waals surface area contributed by atoms with Crippen LogP contribution in [0.3, 0.4) is 0 Å². The molecule has 0 saturated heterocycles. The van der Waals surface area contributed by atoms with Crippen LogP contribution in [0.15, 0.2) is 27.5 Å². The van der Waals surface area contributed by atoms with Crippen LogP contribution in [0.2, 0.25) is 0 Å². The SMILES string of the molecule is CCCN(CCC)S(=O)(=O)c1ccc2oc(C(=O)NC3CC3)c(C)c2c1. The number of amides is 1. The third-order valence-corrected chi connectivity index (χ3v) is 6.50. The number of benzene rings is 1. The molecule has 0 radical (unpaired) electrons. The summed E-state index contributed by atoms with van der Waals surface area (Å²) in [6, 6.07) is 5.05. The van der Waals surface area contributed by atoms with Crippen LogP contribution in [0.25, 0.3) is 11.0 Å². The standard InChI is InChI=1S/C19H26N2O4S/c1-4-10-21(11-5-2)26(23,24)15-8-9-17-16(12-15)13(3)18(25-17)19(22)20-14-6-7-14/h8-9,12,14H,4-7,10-11H2,1-3H3,(H,20,22). The Labute approximate surface area is 154 Å². The third kappa shape index (κ3) is 3.64. The van der Waals surface area contributed by atoms with E-state index in [2.05, 4.69) is 5.32 Å². The van der Waals surface area contributed by atoms with Crippen molar-refractivity contribution in [2.75, 3.05) is 13.1 Å². The molecule has 1 heterocycles. The van der Waals surface area contributed by atoms with Gasteiger partial charge in [-0.2, -0.15) is 4.31 Å². The van der Waals surface area contributed by atoms with Crippen molar-refractivity contribution in [3.8, 4) is 0 Å². The second kappa shape index (κ2) is 7.40. The number of furan rings is 1. The van der Waals surface area contributed by atoms with Crippen LogP contribution in [0.5, 0.6) is 0 Å². The molecule has 0 aliphatic heterocycles. The topological polar surface area (TPSA) is 79.6 Å². The molecule has 1 saturated carbocycles. The maximum atomic E-state index is 13.0. The van der Waals surface area contributed by atoms with Crippen LogP contribution in [0.1, 0.15) is 55.6 Å². The Balaban J connectivity index is 1.97. The van der Waals surface area contributed by atoms with Crippen molar-refractivity contribution in [1.29, 1.82) is 0 Å². The number of rotatable bonds is 8. The minimum absolute atomic E-state index is 0.232. The Kier molecular flexibility index (Phi) is 5.39. The second-order valence-corrected chi connectivity index (χ2v) is 8.80. The summed E-state index contributed by atoms with van der Waals surface area (Å²) in [5.74, 6) is 0.0321. The van der Waals surface area contributed by atoms with Gasteiger partial charge in [0, 0.05) is 30.1 Å². The molecular weight excluding hydrogens is 352 g/mol. The van der Waals surface area contributed by atoms with Crippen LogP contribution in [0.4, 0.5) is 0 Å². The van der Waals surface area contributed by atoms with E-state index in [1.165, 1.54) is 4.31 Å². The molecule has 1 aromatic heterocycles. The van der Waals surface area contributed by atoms with E-state index < -0.39 is 10.0 Å². The Morgan fingerprint density at radius 2 is 1.88 bits per heavy atom. The van der Waals surface area contributed by atoms with Crippen molar-refractivity contribution < 1.29 is 17.6 Å².